The van der Waals surface area contributed by atoms with Gasteiger partial charge in [-0.25, -0.2) is 13.2 Å². The van der Waals surface area contributed by atoms with Crippen molar-refractivity contribution in [3.63, 3.8) is 0 Å². The van der Waals surface area contributed by atoms with Crippen molar-refractivity contribution >= 4 is 50.9 Å². The maximum absolute atomic E-state index is 13.4. The van der Waals surface area contributed by atoms with Gasteiger partial charge >= 0.3 is 6.03 Å². The Morgan fingerprint density at radius 3 is 2.20 bits per heavy atom. The van der Waals surface area contributed by atoms with Crippen LogP contribution >= 0.6 is 34.8 Å². The van der Waals surface area contributed by atoms with Crippen LogP contribution in [0.3, 0.4) is 0 Å². The zero-order valence-corrected chi connectivity index (χ0v) is 22.6. The fourth-order valence-electron chi connectivity index (χ4n) is 4.78. The molecule has 0 N–H and O–H groups in total. The predicted octanol–water partition coefficient (Wildman–Crippen LogP) is 4.83. The van der Waals surface area contributed by atoms with Gasteiger partial charge in [0.15, 0.2) is 0 Å². The van der Waals surface area contributed by atoms with Gasteiger partial charge in [-0.2, -0.15) is 4.31 Å². The number of carbonyl (C=O) groups excluding carboxylic acids is 1. The first kappa shape index (κ1) is 26.4. The van der Waals surface area contributed by atoms with E-state index in [1.807, 2.05) is 36.1 Å². The van der Waals surface area contributed by atoms with Crippen molar-refractivity contribution in [2.24, 2.45) is 5.92 Å². The minimum absolute atomic E-state index is 0.00387. The highest BCUT2D eigenvalue weighted by atomic mass is 35.5. The molecule has 0 aliphatic carbocycles. The first-order valence-electron chi connectivity index (χ1n) is 11.4. The number of rotatable bonds is 5. The van der Waals surface area contributed by atoms with Crippen molar-refractivity contribution in [1.29, 1.82) is 0 Å². The van der Waals surface area contributed by atoms with Crippen molar-refractivity contribution in [3.05, 3.63) is 63.1 Å². The number of hydrogen-bond donors (Lipinski definition) is 0. The molecule has 7 nitrogen and oxygen atoms in total. The predicted molar refractivity (Wildman–Crippen MR) is 139 cm³/mol. The first-order chi connectivity index (χ1) is 16.5. The third kappa shape index (κ3) is 6.17. The molecule has 2 amide bonds. The number of hydrogen-bond acceptors (Lipinski definition) is 4. The van der Waals surface area contributed by atoms with Gasteiger partial charge in [-0.1, -0.05) is 40.9 Å². The van der Waals surface area contributed by atoms with Crippen LogP contribution in [0.1, 0.15) is 18.4 Å². The molecule has 4 rings (SSSR count). The summed E-state index contributed by atoms with van der Waals surface area (Å²) in [7, 11) is -3.27. The minimum Gasteiger partial charge on any atom is -0.490 e. The summed E-state index contributed by atoms with van der Waals surface area (Å²) in [6.45, 7) is 4.33. The van der Waals surface area contributed by atoms with Crippen LogP contribution < -0.4 is 4.74 Å². The quantitative estimate of drug-likeness (QED) is 0.525. The minimum atomic E-state index is -3.27. The summed E-state index contributed by atoms with van der Waals surface area (Å²) in [4.78, 5) is 17.0. The second-order valence-electron chi connectivity index (χ2n) is 9.06. The molecule has 190 valence electrons. The average Bonchev–Trinajstić information content (AvgIpc) is 3.27. The average molecular weight is 561 g/mol. The van der Waals surface area contributed by atoms with Gasteiger partial charge in [0.25, 0.3) is 0 Å². The number of benzene rings is 2. The summed E-state index contributed by atoms with van der Waals surface area (Å²) in [5.74, 6) is 0.703. The van der Waals surface area contributed by atoms with E-state index in [9.17, 15) is 13.2 Å². The lowest BCUT2D eigenvalue weighted by Crippen LogP contribution is -2.53. The van der Waals surface area contributed by atoms with Crippen LogP contribution in [0.25, 0.3) is 0 Å². The molecular formula is C24H28Cl3N3O4S. The van der Waals surface area contributed by atoms with Crippen LogP contribution in [0.4, 0.5) is 4.79 Å². The van der Waals surface area contributed by atoms with Crippen molar-refractivity contribution < 1.29 is 17.9 Å². The lowest BCUT2D eigenvalue weighted by atomic mass is 9.85. The number of nitrogens with zero attached hydrogens (tertiary/aromatic N) is 3. The van der Waals surface area contributed by atoms with Gasteiger partial charge < -0.3 is 14.5 Å². The second kappa shape index (κ2) is 10.7. The van der Waals surface area contributed by atoms with Crippen LogP contribution in [0.2, 0.25) is 15.1 Å². The van der Waals surface area contributed by atoms with Gasteiger partial charge in [0.1, 0.15) is 11.9 Å². The highest BCUT2D eigenvalue weighted by Gasteiger charge is 2.42. The first-order valence-corrected chi connectivity index (χ1v) is 14.4. The van der Waals surface area contributed by atoms with E-state index in [2.05, 4.69) is 0 Å². The van der Waals surface area contributed by atoms with E-state index in [-0.39, 0.29) is 24.0 Å². The van der Waals surface area contributed by atoms with E-state index in [1.54, 1.807) is 23.1 Å². The molecule has 35 heavy (non-hydrogen) atoms. The normalized spacial score (nSPS) is 22.3. The molecule has 3 atom stereocenters. The van der Waals surface area contributed by atoms with Crippen LogP contribution in [-0.4, -0.2) is 80.2 Å². The van der Waals surface area contributed by atoms with Crippen molar-refractivity contribution in [2.75, 3.05) is 45.5 Å². The molecule has 0 bridgehead atoms. The maximum Gasteiger partial charge on any atom is 0.320 e. The fourth-order valence-corrected chi connectivity index (χ4v) is 6.04. The van der Waals surface area contributed by atoms with E-state index in [0.717, 1.165) is 5.56 Å². The summed E-state index contributed by atoms with van der Waals surface area (Å²) < 4.78 is 31.3. The molecule has 2 heterocycles. The van der Waals surface area contributed by atoms with Crippen molar-refractivity contribution in [3.8, 4) is 5.75 Å². The Morgan fingerprint density at radius 2 is 1.60 bits per heavy atom. The summed E-state index contributed by atoms with van der Waals surface area (Å²) >= 11 is 18.5. The van der Waals surface area contributed by atoms with Crippen LogP contribution in [0, 0.1) is 5.92 Å². The van der Waals surface area contributed by atoms with E-state index in [1.165, 1.54) is 10.6 Å². The monoisotopic (exact) mass is 559 g/mol. The third-order valence-electron chi connectivity index (χ3n) is 6.72. The smallest absolute Gasteiger partial charge is 0.320 e. The molecule has 0 saturated carbocycles. The zero-order chi connectivity index (χ0) is 25.3. The Hall–Kier alpha value is -1.71. The summed E-state index contributed by atoms with van der Waals surface area (Å²) in [5, 5.41) is 1.58. The highest BCUT2D eigenvalue weighted by Crippen LogP contribution is 2.39. The lowest BCUT2D eigenvalue weighted by molar-refractivity contribution is 0.129. The zero-order valence-electron chi connectivity index (χ0n) is 19.5. The molecule has 2 aromatic rings. The Kier molecular flexibility index (Phi) is 8.08. The molecule has 2 aliphatic heterocycles. The molecule has 0 unspecified atom stereocenters. The molecule has 0 spiro atoms. The van der Waals surface area contributed by atoms with Gasteiger partial charge in [0.05, 0.1) is 16.3 Å². The summed E-state index contributed by atoms with van der Waals surface area (Å²) in [5.41, 5.74) is 0.994. The standard InChI is InChI=1S/C24H28Cl3N3O4S/c1-16(34-19-6-4-18(25)5-7-19)20-14-29(15-21(20)17-3-8-22(26)23(27)13-17)24(31)28-9-11-30(12-10-28)35(2,32)33/h3-8,13,16,20-21H,9-12,14-15H2,1-2H3/t16-,20-,21+/m0/s1. The topological polar surface area (TPSA) is 70.2 Å². The van der Waals surface area contributed by atoms with Crippen LogP contribution in [0.15, 0.2) is 42.5 Å². The van der Waals surface area contributed by atoms with E-state index < -0.39 is 10.0 Å². The molecule has 11 heteroatoms. The molecule has 2 aromatic carbocycles. The van der Waals surface area contributed by atoms with Crippen molar-refractivity contribution in [2.45, 2.75) is 18.9 Å². The van der Waals surface area contributed by atoms with E-state index in [4.69, 9.17) is 39.5 Å². The Morgan fingerprint density at radius 1 is 0.943 bits per heavy atom. The van der Waals surface area contributed by atoms with Crippen molar-refractivity contribution in [1.82, 2.24) is 14.1 Å². The number of sulfonamides is 1. The van der Waals surface area contributed by atoms with E-state index >= 15 is 0 Å². The Labute approximate surface area is 221 Å². The Balaban J connectivity index is 1.52. The Bertz CT molecular complexity index is 1170. The number of carbonyl (C=O) groups is 1. The van der Waals surface area contributed by atoms with Crippen LogP contribution in [-0.2, 0) is 10.0 Å². The number of piperazine rings is 1. The molecule has 0 aromatic heterocycles. The number of urea groups is 1. The summed E-state index contributed by atoms with van der Waals surface area (Å²) in [6.07, 6.45) is 0.995. The third-order valence-corrected chi connectivity index (χ3v) is 9.02. The number of halogens is 3. The van der Waals surface area contributed by atoms with Gasteiger partial charge in [-0.3, -0.25) is 0 Å². The summed E-state index contributed by atoms with van der Waals surface area (Å²) in [6, 6.07) is 12.7. The SMILES string of the molecule is C[C@H](Oc1ccc(Cl)cc1)[C@@H]1CN(C(=O)N2CCN(S(C)(=O)=O)CC2)C[C@@H]1c1ccc(Cl)c(Cl)c1. The molecule has 2 aliphatic rings. The van der Waals surface area contributed by atoms with Gasteiger partial charge in [0.2, 0.25) is 10.0 Å². The van der Waals surface area contributed by atoms with Gasteiger partial charge in [-0.05, 0) is 48.9 Å². The fraction of sp³-hybridized carbons (Fsp3) is 0.458. The maximum atomic E-state index is 13.4. The molecular weight excluding hydrogens is 533 g/mol. The number of likely N-dealkylation sites (tertiary alicyclic amines) is 1. The molecule has 2 saturated heterocycles. The number of amides is 2. The largest absolute Gasteiger partial charge is 0.490 e. The molecule has 0 radical (unpaired) electrons. The van der Waals surface area contributed by atoms with E-state index in [0.29, 0.717) is 60.1 Å². The number of ether oxygens (including phenoxy) is 1. The lowest BCUT2D eigenvalue weighted by Gasteiger charge is -2.35. The second-order valence-corrected chi connectivity index (χ2v) is 12.3. The molecule has 2 fully saturated rings. The van der Waals surface area contributed by atoms with Crippen LogP contribution in [0.5, 0.6) is 5.75 Å². The highest BCUT2D eigenvalue weighted by molar-refractivity contribution is 7.88. The van der Waals surface area contributed by atoms with Gasteiger partial charge in [0, 0.05) is 56.1 Å². The van der Waals surface area contributed by atoms with Gasteiger partial charge in [-0.15, -0.1) is 0 Å².